The Morgan fingerprint density at radius 2 is 2.11 bits per heavy atom. The molecular formula is C15H23FN2O. The number of benzene rings is 1. The fourth-order valence-electron chi connectivity index (χ4n) is 2.58. The molecule has 1 aliphatic heterocycles. The number of ether oxygens (including phenoxy) is 1. The van der Waals surface area contributed by atoms with Crippen LogP contribution >= 0.6 is 0 Å². The maximum absolute atomic E-state index is 13.7. The van der Waals surface area contributed by atoms with Gasteiger partial charge >= 0.3 is 0 Å². The monoisotopic (exact) mass is 266 g/mol. The van der Waals surface area contributed by atoms with Gasteiger partial charge in [-0.15, -0.1) is 0 Å². The first-order valence-corrected chi connectivity index (χ1v) is 7.05. The average molecular weight is 266 g/mol. The minimum absolute atomic E-state index is 0.211. The van der Waals surface area contributed by atoms with Crippen LogP contribution in [0.4, 0.5) is 10.1 Å². The molecular weight excluding hydrogens is 243 g/mol. The summed E-state index contributed by atoms with van der Waals surface area (Å²) in [7, 11) is 1.60. The van der Waals surface area contributed by atoms with Crippen molar-refractivity contribution in [2.24, 2.45) is 0 Å². The number of hydrogen-bond donors (Lipinski definition) is 1. The van der Waals surface area contributed by atoms with E-state index in [0.29, 0.717) is 17.5 Å². The summed E-state index contributed by atoms with van der Waals surface area (Å²) >= 11 is 0. The summed E-state index contributed by atoms with van der Waals surface area (Å²) in [5.41, 5.74) is 0.549. The molecule has 1 aliphatic rings. The van der Waals surface area contributed by atoms with Gasteiger partial charge in [0.1, 0.15) is 11.6 Å². The van der Waals surface area contributed by atoms with E-state index in [4.69, 9.17) is 4.74 Å². The van der Waals surface area contributed by atoms with Crippen LogP contribution in [-0.2, 0) is 0 Å². The minimum atomic E-state index is -0.211. The first kappa shape index (κ1) is 14.1. The molecule has 1 saturated heterocycles. The van der Waals surface area contributed by atoms with Gasteiger partial charge in [0.2, 0.25) is 0 Å². The van der Waals surface area contributed by atoms with Crippen LogP contribution in [0.1, 0.15) is 26.2 Å². The zero-order valence-corrected chi connectivity index (χ0v) is 11.8. The number of piperidine rings is 1. The smallest absolute Gasteiger partial charge is 0.146 e. The predicted molar refractivity (Wildman–Crippen MR) is 76.3 cm³/mol. The Bertz CT molecular complexity index is 403. The van der Waals surface area contributed by atoms with Crippen molar-refractivity contribution in [2.45, 2.75) is 32.2 Å². The van der Waals surface area contributed by atoms with E-state index in [1.54, 1.807) is 19.2 Å². The lowest BCUT2D eigenvalue weighted by molar-refractivity contribution is 0.219. The summed E-state index contributed by atoms with van der Waals surface area (Å²) in [6.07, 6.45) is 3.33. The Balaban J connectivity index is 1.91. The van der Waals surface area contributed by atoms with Gasteiger partial charge in [-0.2, -0.15) is 0 Å². The molecule has 2 rings (SSSR count). The summed E-state index contributed by atoms with van der Waals surface area (Å²) in [6.45, 7) is 5.56. The lowest BCUT2D eigenvalue weighted by atomic mass is 10.0. The van der Waals surface area contributed by atoms with Gasteiger partial charge in [0.15, 0.2) is 0 Å². The van der Waals surface area contributed by atoms with Crippen molar-refractivity contribution < 1.29 is 9.13 Å². The number of likely N-dealkylation sites (tertiary alicyclic amines) is 1. The maximum Gasteiger partial charge on any atom is 0.146 e. The number of halogens is 1. The third-order valence-electron chi connectivity index (χ3n) is 3.66. The molecule has 1 aromatic rings. The summed E-state index contributed by atoms with van der Waals surface area (Å²) in [5.74, 6) is 0.476. The van der Waals surface area contributed by atoms with Crippen LogP contribution in [0, 0.1) is 5.82 Å². The molecule has 0 atom stereocenters. The van der Waals surface area contributed by atoms with Crippen LogP contribution in [0.2, 0.25) is 0 Å². The highest BCUT2D eigenvalue weighted by Gasteiger charge is 2.19. The van der Waals surface area contributed by atoms with Crippen molar-refractivity contribution in [3.8, 4) is 5.75 Å². The van der Waals surface area contributed by atoms with Crippen LogP contribution in [0.15, 0.2) is 18.2 Å². The van der Waals surface area contributed by atoms with E-state index in [2.05, 4.69) is 17.1 Å². The van der Waals surface area contributed by atoms with Crippen LogP contribution in [-0.4, -0.2) is 37.7 Å². The second-order valence-electron chi connectivity index (χ2n) is 5.11. The number of hydrogen-bond acceptors (Lipinski definition) is 3. The highest BCUT2D eigenvalue weighted by Crippen LogP contribution is 2.24. The third kappa shape index (κ3) is 3.83. The molecule has 0 bridgehead atoms. The first-order chi connectivity index (χ1) is 9.22. The molecule has 0 aliphatic carbocycles. The van der Waals surface area contributed by atoms with Crippen molar-refractivity contribution in [1.29, 1.82) is 0 Å². The predicted octanol–water partition coefficient (Wildman–Crippen LogP) is 3.12. The lowest BCUT2D eigenvalue weighted by Crippen LogP contribution is -2.39. The molecule has 0 aromatic heterocycles. The quantitative estimate of drug-likeness (QED) is 0.886. The van der Waals surface area contributed by atoms with Crippen molar-refractivity contribution in [3.05, 3.63) is 24.0 Å². The average Bonchev–Trinajstić information content (AvgIpc) is 2.44. The highest BCUT2D eigenvalue weighted by atomic mass is 19.1. The van der Waals surface area contributed by atoms with Gasteiger partial charge in [0.05, 0.1) is 12.8 Å². The largest absolute Gasteiger partial charge is 0.497 e. The van der Waals surface area contributed by atoms with Crippen LogP contribution in [0.25, 0.3) is 0 Å². The summed E-state index contributed by atoms with van der Waals surface area (Å²) in [6, 6.07) is 5.18. The van der Waals surface area contributed by atoms with E-state index < -0.39 is 0 Å². The number of nitrogens with zero attached hydrogens (tertiary/aromatic N) is 1. The van der Waals surface area contributed by atoms with Gasteiger partial charge in [0.25, 0.3) is 0 Å². The van der Waals surface area contributed by atoms with Crippen molar-refractivity contribution >= 4 is 5.69 Å². The Hall–Kier alpha value is -1.29. The van der Waals surface area contributed by atoms with Gasteiger partial charge < -0.3 is 15.0 Å². The number of nitrogens with one attached hydrogen (secondary N) is 1. The van der Waals surface area contributed by atoms with E-state index in [9.17, 15) is 4.39 Å². The molecule has 4 heteroatoms. The third-order valence-corrected chi connectivity index (χ3v) is 3.66. The van der Waals surface area contributed by atoms with Crippen molar-refractivity contribution in [1.82, 2.24) is 4.90 Å². The maximum atomic E-state index is 13.7. The van der Waals surface area contributed by atoms with Crippen LogP contribution < -0.4 is 10.1 Å². The Morgan fingerprint density at radius 1 is 1.37 bits per heavy atom. The zero-order chi connectivity index (χ0) is 13.7. The Morgan fingerprint density at radius 3 is 2.74 bits per heavy atom. The van der Waals surface area contributed by atoms with E-state index in [1.807, 2.05) is 0 Å². The Labute approximate surface area is 114 Å². The Kier molecular flexibility index (Phi) is 5.02. The zero-order valence-electron chi connectivity index (χ0n) is 11.8. The second-order valence-corrected chi connectivity index (χ2v) is 5.11. The van der Waals surface area contributed by atoms with Gasteiger partial charge in [-0.3, -0.25) is 0 Å². The van der Waals surface area contributed by atoms with Gasteiger partial charge in [-0.05, 0) is 37.9 Å². The molecule has 1 fully saturated rings. The standard InChI is InChI=1S/C15H23FN2O/c1-3-8-18-9-6-12(7-10-18)17-15-11-13(19-2)4-5-14(15)16/h4-5,11-12,17H,3,6-10H2,1-2H3. The number of methoxy groups -OCH3 is 1. The van der Waals surface area contributed by atoms with Gasteiger partial charge in [0, 0.05) is 25.2 Å². The fraction of sp³-hybridized carbons (Fsp3) is 0.600. The molecule has 0 saturated carbocycles. The second kappa shape index (κ2) is 6.75. The van der Waals surface area contributed by atoms with Crippen LogP contribution in [0.5, 0.6) is 5.75 Å². The first-order valence-electron chi connectivity index (χ1n) is 7.05. The SMILES string of the molecule is CCCN1CCC(Nc2cc(OC)ccc2F)CC1. The van der Waals surface area contributed by atoms with E-state index in [-0.39, 0.29) is 5.82 Å². The molecule has 3 nitrogen and oxygen atoms in total. The van der Waals surface area contributed by atoms with Gasteiger partial charge in [-0.25, -0.2) is 4.39 Å². The molecule has 1 aromatic carbocycles. The van der Waals surface area contributed by atoms with Gasteiger partial charge in [-0.1, -0.05) is 6.92 Å². The number of anilines is 1. The lowest BCUT2D eigenvalue weighted by Gasteiger charge is -2.32. The van der Waals surface area contributed by atoms with E-state index in [1.165, 1.54) is 19.0 Å². The fourth-order valence-corrected chi connectivity index (χ4v) is 2.58. The minimum Gasteiger partial charge on any atom is -0.497 e. The van der Waals surface area contributed by atoms with Crippen molar-refractivity contribution in [2.75, 3.05) is 32.1 Å². The molecule has 106 valence electrons. The molecule has 0 amide bonds. The normalized spacial score (nSPS) is 17.4. The summed E-state index contributed by atoms with van der Waals surface area (Å²) < 4.78 is 18.9. The number of rotatable bonds is 5. The van der Waals surface area contributed by atoms with Crippen molar-refractivity contribution in [3.63, 3.8) is 0 Å². The molecule has 0 spiro atoms. The molecule has 1 heterocycles. The molecule has 0 radical (unpaired) electrons. The molecule has 19 heavy (non-hydrogen) atoms. The van der Waals surface area contributed by atoms with E-state index in [0.717, 1.165) is 25.9 Å². The molecule has 0 unspecified atom stereocenters. The topological polar surface area (TPSA) is 24.5 Å². The van der Waals surface area contributed by atoms with E-state index >= 15 is 0 Å². The van der Waals surface area contributed by atoms with Crippen LogP contribution in [0.3, 0.4) is 0 Å². The summed E-state index contributed by atoms with van der Waals surface area (Å²) in [5, 5.41) is 3.30. The highest BCUT2D eigenvalue weighted by molar-refractivity contribution is 5.50. The summed E-state index contributed by atoms with van der Waals surface area (Å²) in [4.78, 5) is 2.47. The molecule has 1 N–H and O–H groups in total.